The second-order valence-corrected chi connectivity index (χ2v) is 8.12. The molecule has 0 fully saturated rings. The van der Waals surface area contributed by atoms with Crippen molar-refractivity contribution in [2.45, 2.75) is 18.9 Å². The molecule has 4 aromatic rings. The molecule has 0 spiro atoms. The molecule has 1 aliphatic heterocycles. The van der Waals surface area contributed by atoms with Crippen molar-refractivity contribution in [3.63, 3.8) is 0 Å². The lowest BCUT2D eigenvalue weighted by Gasteiger charge is -2.30. The van der Waals surface area contributed by atoms with Crippen molar-refractivity contribution in [3.05, 3.63) is 107 Å². The Balaban J connectivity index is 1.43. The zero-order chi connectivity index (χ0) is 22.6. The maximum Gasteiger partial charge on any atom is 0.237 e. The Hall–Kier alpha value is -4.06. The third kappa shape index (κ3) is 4.20. The van der Waals surface area contributed by atoms with Gasteiger partial charge in [0.05, 0.1) is 18.7 Å². The molecule has 0 aliphatic carbocycles. The number of H-pyrrole nitrogens is 1. The fourth-order valence-electron chi connectivity index (χ4n) is 4.47. The van der Waals surface area contributed by atoms with Crippen molar-refractivity contribution in [1.82, 2.24) is 10.2 Å². The van der Waals surface area contributed by atoms with Gasteiger partial charge in [0.1, 0.15) is 5.75 Å². The summed E-state index contributed by atoms with van der Waals surface area (Å²) in [5, 5.41) is 10.7. The molecular weight excluding hydrogens is 412 g/mol. The third-order valence-corrected chi connectivity index (χ3v) is 6.13. The number of para-hydroxylation sites is 2. The first-order chi connectivity index (χ1) is 16.2. The number of anilines is 2. The second-order valence-electron chi connectivity index (χ2n) is 8.12. The molecular formula is C27H26N4O2. The fraction of sp³-hybridized carbons (Fsp3) is 0.185. The number of ether oxygens (including phenoxy) is 1. The number of methoxy groups -OCH3 is 1. The first-order valence-corrected chi connectivity index (χ1v) is 11.1. The van der Waals surface area contributed by atoms with E-state index in [4.69, 9.17) is 4.74 Å². The topological polar surface area (TPSA) is 70.2 Å². The summed E-state index contributed by atoms with van der Waals surface area (Å²) in [4.78, 5) is 15.8. The smallest absolute Gasteiger partial charge is 0.237 e. The molecule has 1 aliphatic rings. The lowest BCUT2D eigenvalue weighted by atomic mass is 9.90. The fourth-order valence-corrected chi connectivity index (χ4v) is 4.47. The number of amides is 1. The minimum atomic E-state index is -0.423. The highest BCUT2D eigenvalue weighted by atomic mass is 16.5. The molecule has 2 heterocycles. The Labute approximate surface area is 193 Å². The monoisotopic (exact) mass is 438 g/mol. The molecule has 166 valence electrons. The Morgan fingerprint density at radius 1 is 0.970 bits per heavy atom. The Morgan fingerprint density at radius 2 is 1.61 bits per heavy atom. The van der Waals surface area contributed by atoms with Crippen LogP contribution in [0, 0.1) is 0 Å². The molecule has 1 aromatic heterocycles. The number of aromatic nitrogens is 2. The minimum Gasteiger partial charge on any atom is -0.495 e. The number of carbonyl (C=O) groups is 1. The van der Waals surface area contributed by atoms with Gasteiger partial charge in [0, 0.05) is 30.8 Å². The molecule has 6 heteroatoms. The summed E-state index contributed by atoms with van der Waals surface area (Å²) in [5.74, 6) is 0.902. The van der Waals surface area contributed by atoms with Crippen LogP contribution in [0.15, 0.2) is 84.9 Å². The van der Waals surface area contributed by atoms with E-state index in [9.17, 15) is 4.79 Å². The molecule has 33 heavy (non-hydrogen) atoms. The van der Waals surface area contributed by atoms with Crippen LogP contribution in [0.3, 0.4) is 0 Å². The van der Waals surface area contributed by atoms with Crippen LogP contribution in [0.5, 0.6) is 5.75 Å². The Kier molecular flexibility index (Phi) is 5.81. The normalized spacial score (nSPS) is 13.0. The van der Waals surface area contributed by atoms with E-state index in [0.29, 0.717) is 12.4 Å². The van der Waals surface area contributed by atoms with Gasteiger partial charge in [-0.1, -0.05) is 72.8 Å². The van der Waals surface area contributed by atoms with Gasteiger partial charge in [-0.25, -0.2) is 0 Å². The van der Waals surface area contributed by atoms with Crippen LogP contribution in [-0.2, 0) is 17.8 Å². The number of rotatable bonds is 6. The van der Waals surface area contributed by atoms with Gasteiger partial charge in [0.15, 0.2) is 5.82 Å². The summed E-state index contributed by atoms with van der Waals surface area (Å²) in [5.41, 5.74) is 5.01. The van der Waals surface area contributed by atoms with Crippen LogP contribution in [0.4, 0.5) is 11.5 Å². The van der Waals surface area contributed by atoms with Crippen molar-refractivity contribution < 1.29 is 9.53 Å². The van der Waals surface area contributed by atoms with Gasteiger partial charge < -0.3 is 15.0 Å². The predicted octanol–water partition coefficient (Wildman–Crippen LogP) is 4.75. The van der Waals surface area contributed by atoms with Gasteiger partial charge >= 0.3 is 0 Å². The lowest BCUT2D eigenvalue weighted by molar-refractivity contribution is -0.116. The quantitative estimate of drug-likeness (QED) is 0.456. The van der Waals surface area contributed by atoms with E-state index in [1.165, 1.54) is 0 Å². The van der Waals surface area contributed by atoms with Crippen LogP contribution in [0.2, 0.25) is 0 Å². The van der Waals surface area contributed by atoms with Crippen LogP contribution in [-0.4, -0.2) is 29.8 Å². The SMILES string of the molecule is COc1ccccc1N1CCc2[nH]nc(NC(=O)C(c3ccccc3)c3ccccc3)c2C1. The average Bonchev–Trinajstić information content (AvgIpc) is 3.27. The molecule has 6 nitrogen and oxygen atoms in total. The molecule has 0 unspecified atom stereocenters. The van der Waals surface area contributed by atoms with E-state index in [2.05, 4.69) is 26.5 Å². The van der Waals surface area contributed by atoms with Gasteiger partial charge in [-0.2, -0.15) is 5.10 Å². The molecule has 0 atom stereocenters. The van der Waals surface area contributed by atoms with Crippen molar-refractivity contribution in [2.75, 3.05) is 23.9 Å². The zero-order valence-corrected chi connectivity index (χ0v) is 18.5. The van der Waals surface area contributed by atoms with Crippen molar-refractivity contribution in [2.24, 2.45) is 0 Å². The molecule has 0 saturated carbocycles. The molecule has 1 amide bonds. The Bertz CT molecular complexity index is 1200. The summed E-state index contributed by atoms with van der Waals surface area (Å²) in [7, 11) is 1.69. The van der Waals surface area contributed by atoms with Crippen molar-refractivity contribution >= 4 is 17.4 Å². The summed E-state index contributed by atoms with van der Waals surface area (Å²) >= 11 is 0. The molecule has 2 N–H and O–H groups in total. The van der Waals surface area contributed by atoms with Gasteiger partial charge in [0.2, 0.25) is 5.91 Å². The predicted molar refractivity (Wildman–Crippen MR) is 130 cm³/mol. The van der Waals surface area contributed by atoms with Crippen molar-refractivity contribution in [3.8, 4) is 5.75 Å². The summed E-state index contributed by atoms with van der Waals surface area (Å²) in [6.07, 6.45) is 0.817. The number of fused-ring (bicyclic) bond motifs is 1. The van der Waals surface area contributed by atoms with Crippen LogP contribution >= 0.6 is 0 Å². The van der Waals surface area contributed by atoms with Crippen LogP contribution < -0.4 is 15.0 Å². The number of hydrogen-bond donors (Lipinski definition) is 2. The van der Waals surface area contributed by atoms with Gasteiger partial charge in [0.25, 0.3) is 0 Å². The number of carbonyl (C=O) groups excluding carboxylic acids is 1. The van der Waals surface area contributed by atoms with E-state index in [-0.39, 0.29) is 5.91 Å². The van der Waals surface area contributed by atoms with E-state index in [1.807, 2.05) is 78.9 Å². The highest BCUT2D eigenvalue weighted by Crippen LogP contribution is 2.34. The maximum atomic E-state index is 13.6. The highest BCUT2D eigenvalue weighted by molar-refractivity contribution is 5.98. The summed E-state index contributed by atoms with van der Waals surface area (Å²) in [6.45, 7) is 1.49. The van der Waals surface area contributed by atoms with E-state index in [0.717, 1.165) is 46.8 Å². The largest absolute Gasteiger partial charge is 0.495 e. The van der Waals surface area contributed by atoms with Crippen molar-refractivity contribution in [1.29, 1.82) is 0 Å². The summed E-state index contributed by atoms with van der Waals surface area (Å²) in [6, 6.07) is 27.7. The number of benzene rings is 3. The standard InChI is InChI=1S/C27H26N4O2/c1-33-24-15-9-8-14-23(24)31-17-16-22-21(18-31)26(30-29-22)28-27(32)25(19-10-4-2-5-11-19)20-12-6-3-7-13-20/h2-15,25H,16-18H2,1H3,(H2,28,29,30,32). The molecule has 0 saturated heterocycles. The maximum absolute atomic E-state index is 13.6. The molecule has 3 aromatic carbocycles. The second kappa shape index (κ2) is 9.20. The molecule has 0 bridgehead atoms. The van der Waals surface area contributed by atoms with E-state index >= 15 is 0 Å². The minimum absolute atomic E-state index is 0.101. The zero-order valence-electron chi connectivity index (χ0n) is 18.5. The number of nitrogens with zero attached hydrogens (tertiary/aromatic N) is 2. The third-order valence-electron chi connectivity index (χ3n) is 6.13. The first kappa shape index (κ1) is 20.8. The number of aromatic amines is 1. The van der Waals surface area contributed by atoms with Gasteiger partial charge in [-0.15, -0.1) is 0 Å². The summed E-state index contributed by atoms with van der Waals surface area (Å²) < 4.78 is 5.56. The van der Waals surface area contributed by atoms with Crippen LogP contribution in [0.25, 0.3) is 0 Å². The van der Waals surface area contributed by atoms with Gasteiger partial charge in [-0.3, -0.25) is 9.89 Å². The lowest BCUT2D eigenvalue weighted by Crippen LogP contribution is -2.31. The molecule has 0 radical (unpaired) electrons. The van der Waals surface area contributed by atoms with E-state index in [1.54, 1.807) is 7.11 Å². The first-order valence-electron chi connectivity index (χ1n) is 11.1. The van der Waals surface area contributed by atoms with Crippen LogP contribution in [0.1, 0.15) is 28.3 Å². The average molecular weight is 439 g/mol. The number of nitrogens with one attached hydrogen (secondary N) is 2. The highest BCUT2D eigenvalue weighted by Gasteiger charge is 2.28. The molecule has 5 rings (SSSR count). The van der Waals surface area contributed by atoms with Gasteiger partial charge in [-0.05, 0) is 23.3 Å². The number of hydrogen-bond acceptors (Lipinski definition) is 4. The Morgan fingerprint density at radius 3 is 2.27 bits per heavy atom. The van der Waals surface area contributed by atoms with E-state index < -0.39 is 5.92 Å².